The lowest BCUT2D eigenvalue weighted by Gasteiger charge is -2.26. The van der Waals surface area contributed by atoms with Gasteiger partial charge in [0, 0.05) is 31.5 Å². The molecule has 0 radical (unpaired) electrons. The number of urea groups is 1. The van der Waals surface area contributed by atoms with E-state index in [9.17, 15) is 4.79 Å². The molecule has 0 fully saturated rings. The molecule has 0 saturated heterocycles. The van der Waals surface area contributed by atoms with Gasteiger partial charge in [0.05, 0.1) is 7.11 Å². The fourth-order valence-corrected chi connectivity index (χ4v) is 2.45. The van der Waals surface area contributed by atoms with Crippen LogP contribution in [0.5, 0.6) is 5.75 Å². The zero-order valence-electron chi connectivity index (χ0n) is 15.3. The smallest absolute Gasteiger partial charge is 0.328 e. The fourth-order valence-electron chi connectivity index (χ4n) is 2.45. The second kappa shape index (κ2) is 6.95. The average Bonchev–Trinajstić information content (AvgIpc) is 2.59. The number of methoxy groups -OCH3 is 1. The van der Waals surface area contributed by atoms with Gasteiger partial charge in [0.15, 0.2) is 0 Å². The Bertz CT molecular complexity index is 702. The lowest BCUT2D eigenvalue weighted by molar-refractivity contribution is 0.253. The summed E-state index contributed by atoms with van der Waals surface area (Å²) < 4.78 is 5.22. The van der Waals surface area contributed by atoms with Gasteiger partial charge in [-0.25, -0.2) is 4.79 Å². The Kier molecular flexibility index (Phi) is 5.17. The third kappa shape index (κ3) is 3.88. The summed E-state index contributed by atoms with van der Waals surface area (Å²) in [5.41, 5.74) is 2.99. The van der Waals surface area contributed by atoms with Gasteiger partial charge < -0.3 is 4.74 Å². The maximum Gasteiger partial charge on any atom is 0.328 e. The van der Waals surface area contributed by atoms with E-state index in [2.05, 4.69) is 32.9 Å². The number of hydrogen-bond donors (Lipinski definition) is 0. The minimum Gasteiger partial charge on any atom is -0.497 e. The number of amides is 2. The molecule has 0 aliphatic heterocycles. The predicted octanol–water partition coefficient (Wildman–Crippen LogP) is 4.69. The third-order valence-corrected chi connectivity index (χ3v) is 4.14. The van der Waals surface area contributed by atoms with Gasteiger partial charge in [-0.3, -0.25) is 9.80 Å². The normalized spacial score (nSPS) is 11.1. The molecule has 128 valence electrons. The molecule has 2 aromatic rings. The van der Waals surface area contributed by atoms with Crippen LogP contribution in [0.2, 0.25) is 0 Å². The van der Waals surface area contributed by atoms with Crippen LogP contribution in [0.15, 0.2) is 48.5 Å². The molecule has 0 N–H and O–H groups in total. The summed E-state index contributed by atoms with van der Waals surface area (Å²) in [6, 6.07) is 15.5. The Morgan fingerprint density at radius 2 is 1.50 bits per heavy atom. The van der Waals surface area contributed by atoms with Crippen LogP contribution < -0.4 is 14.5 Å². The highest BCUT2D eigenvalue weighted by molar-refractivity contribution is 6.02. The van der Waals surface area contributed by atoms with Crippen molar-refractivity contribution in [3.63, 3.8) is 0 Å². The summed E-state index contributed by atoms with van der Waals surface area (Å²) in [5.74, 6) is 0.726. The van der Waals surface area contributed by atoms with Crippen molar-refractivity contribution in [3.05, 3.63) is 54.1 Å². The van der Waals surface area contributed by atoms with Gasteiger partial charge in [-0.2, -0.15) is 0 Å². The summed E-state index contributed by atoms with van der Waals surface area (Å²) in [6.07, 6.45) is 0. The highest BCUT2D eigenvalue weighted by Gasteiger charge is 2.19. The molecular weight excluding hydrogens is 300 g/mol. The first-order valence-corrected chi connectivity index (χ1v) is 8.00. The molecule has 24 heavy (non-hydrogen) atoms. The molecule has 4 nitrogen and oxygen atoms in total. The van der Waals surface area contributed by atoms with Gasteiger partial charge in [0.2, 0.25) is 0 Å². The van der Waals surface area contributed by atoms with Crippen molar-refractivity contribution in [1.82, 2.24) is 0 Å². The SMILES string of the molecule is COc1cccc(N(C)C(=O)N(C)c2ccc(C(C)(C)C)cc2)c1. The molecule has 0 heterocycles. The van der Waals surface area contributed by atoms with Crippen LogP contribution in [-0.4, -0.2) is 27.2 Å². The number of anilines is 2. The van der Waals surface area contributed by atoms with E-state index < -0.39 is 0 Å². The van der Waals surface area contributed by atoms with Gasteiger partial charge in [0.1, 0.15) is 5.75 Å². The molecule has 0 unspecified atom stereocenters. The molecule has 0 saturated carbocycles. The molecule has 0 aliphatic rings. The maximum absolute atomic E-state index is 12.7. The van der Waals surface area contributed by atoms with Crippen molar-refractivity contribution >= 4 is 17.4 Å². The van der Waals surface area contributed by atoms with E-state index in [1.165, 1.54) is 5.56 Å². The summed E-state index contributed by atoms with van der Waals surface area (Å²) in [6.45, 7) is 6.52. The summed E-state index contributed by atoms with van der Waals surface area (Å²) in [7, 11) is 5.16. The molecular formula is C20H26N2O2. The van der Waals surface area contributed by atoms with E-state index >= 15 is 0 Å². The minimum atomic E-state index is -0.105. The second-order valence-electron chi connectivity index (χ2n) is 6.90. The molecule has 2 aromatic carbocycles. The molecule has 0 bridgehead atoms. The lowest BCUT2D eigenvalue weighted by Crippen LogP contribution is -2.38. The first-order valence-electron chi connectivity index (χ1n) is 8.00. The third-order valence-electron chi connectivity index (χ3n) is 4.14. The van der Waals surface area contributed by atoms with E-state index in [1.807, 2.05) is 36.4 Å². The topological polar surface area (TPSA) is 32.8 Å². The number of hydrogen-bond acceptors (Lipinski definition) is 2. The molecule has 2 rings (SSSR count). The second-order valence-corrected chi connectivity index (χ2v) is 6.90. The van der Waals surface area contributed by atoms with E-state index in [0.717, 1.165) is 17.1 Å². The van der Waals surface area contributed by atoms with Gasteiger partial charge in [-0.1, -0.05) is 39.0 Å². The fraction of sp³-hybridized carbons (Fsp3) is 0.350. The zero-order valence-corrected chi connectivity index (χ0v) is 15.3. The quantitative estimate of drug-likeness (QED) is 0.820. The van der Waals surface area contributed by atoms with E-state index in [-0.39, 0.29) is 11.4 Å². The van der Waals surface area contributed by atoms with Crippen LogP contribution in [-0.2, 0) is 5.41 Å². The summed E-state index contributed by atoms with van der Waals surface area (Å²) in [4.78, 5) is 16.0. The highest BCUT2D eigenvalue weighted by atomic mass is 16.5. The zero-order chi connectivity index (χ0) is 17.9. The number of ether oxygens (including phenoxy) is 1. The van der Waals surface area contributed by atoms with Crippen LogP contribution in [0.25, 0.3) is 0 Å². The number of benzene rings is 2. The van der Waals surface area contributed by atoms with E-state index in [0.29, 0.717) is 0 Å². The highest BCUT2D eigenvalue weighted by Crippen LogP contribution is 2.26. The number of carbonyl (C=O) groups excluding carboxylic acids is 1. The van der Waals surface area contributed by atoms with E-state index in [4.69, 9.17) is 4.74 Å². The van der Waals surface area contributed by atoms with Crippen LogP contribution >= 0.6 is 0 Å². The monoisotopic (exact) mass is 326 g/mol. The average molecular weight is 326 g/mol. The molecule has 0 spiro atoms. The van der Waals surface area contributed by atoms with Gasteiger partial charge in [-0.15, -0.1) is 0 Å². The van der Waals surface area contributed by atoms with Crippen molar-refractivity contribution in [2.45, 2.75) is 26.2 Å². The Morgan fingerprint density at radius 3 is 2.04 bits per heavy atom. The van der Waals surface area contributed by atoms with E-state index in [1.54, 1.807) is 31.0 Å². The number of rotatable bonds is 3. The molecule has 2 amide bonds. The molecule has 0 atom stereocenters. The molecule has 0 aliphatic carbocycles. The van der Waals surface area contributed by atoms with Crippen molar-refractivity contribution in [2.24, 2.45) is 0 Å². The Balaban J connectivity index is 2.19. The Hall–Kier alpha value is -2.49. The lowest BCUT2D eigenvalue weighted by atomic mass is 9.87. The van der Waals surface area contributed by atoms with Gasteiger partial charge >= 0.3 is 6.03 Å². The summed E-state index contributed by atoms with van der Waals surface area (Å²) in [5, 5.41) is 0. The number of nitrogens with zero attached hydrogens (tertiary/aromatic N) is 2. The van der Waals surface area contributed by atoms with Gasteiger partial charge in [-0.05, 0) is 35.2 Å². The Labute approximate surface area is 144 Å². The molecule has 4 heteroatoms. The van der Waals surface area contributed by atoms with Crippen molar-refractivity contribution in [3.8, 4) is 5.75 Å². The van der Waals surface area contributed by atoms with Crippen LogP contribution in [0, 0.1) is 0 Å². The van der Waals surface area contributed by atoms with Crippen LogP contribution in [0.3, 0.4) is 0 Å². The Morgan fingerprint density at radius 1 is 0.917 bits per heavy atom. The first kappa shape index (κ1) is 17.9. The maximum atomic E-state index is 12.7. The van der Waals surface area contributed by atoms with Crippen molar-refractivity contribution in [1.29, 1.82) is 0 Å². The standard InChI is InChI=1S/C20H26N2O2/c1-20(2,3)15-10-12-16(13-11-15)21(4)19(23)22(5)17-8-7-9-18(14-17)24-6/h7-14H,1-6H3. The largest absolute Gasteiger partial charge is 0.497 e. The minimum absolute atomic E-state index is 0.0957. The van der Waals surface area contributed by atoms with Crippen molar-refractivity contribution < 1.29 is 9.53 Å². The number of carbonyl (C=O) groups is 1. The van der Waals surface area contributed by atoms with Gasteiger partial charge in [0.25, 0.3) is 0 Å². The molecule has 0 aromatic heterocycles. The summed E-state index contributed by atoms with van der Waals surface area (Å²) >= 11 is 0. The first-order chi connectivity index (χ1) is 11.2. The van der Waals surface area contributed by atoms with Crippen LogP contribution in [0.1, 0.15) is 26.3 Å². The van der Waals surface area contributed by atoms with Crippen LogP contribution in [0.4, 0.5) is 16.2 Å². The predicted molar refractivity (Wildman–Crippen MR) is 100 cm³/mol. The van der Waals surface area contributed by atoms with Crippen molar-refractivity contribution in [2.75, 3.05) is 31.0 Å².